The highest BCUT2D eigenvalue weighted by molar-refractivity contribution is 5.71. The van der Waals surface area contributed by atoms with Crippen LogP contribution in [0.4, 0.5) is 0 Å². The Kier molecular flexibility index (Phi) is 62.3. The number of ether oxygens (including phenoxy) is 3. The first kappa shape index (κ1) is 74.1. The van der Waals surface area contributed by atoms with Crippen LogP contribution in [0.1, 0.15) is 310 Å². The van der Waals surface area contributed by atoms with Crippen molar-refractivity contribution >= 4 is 17.9 Å². The molecule has 0 aromatic carbocycles. The Hall–Kier alpha value is -3.93. The largest absolute Gasteiger partial charge is 0.462 e. The first-order valence-electron chi connectivity index (χ1n) is 32.9. The third kappa shape index (κ3) is 62.9. The van der Waals surface area contributed by atoms with E-state index in [0.29, 0.717) is 19.3 Å². The third-order valence-corrected chi connectivity index (χ3v) is 14.0. The van der Waals surface area contributed by atoms with Crippen LogP contribution in [0.15, 0.2) is 109 Å². The van der Waals surface area contributed by atoms with E-state index in [1.54, 1.807) is 0 Å². The van der Waals surface area contributed by atoms with Crippen LogP contribution >= 0.6 is 0 Å². The summed E-state index contributed by atoms with van der Waals surface area (Å²) in [6.07, 6.45) is 89.6. The van der Waals surface area contributed by atoms with Gasteiger partial charge in [0.15, 0.2) is 6.10 Å². The number of carbonyl (C=O) groups is 3. The molecule has 446 valence electrons. The summed E-state index contributed by atoms with van der Waals surface area (Å²) in [5, 5.41) is 0. The molecule has 0 fully saturated rings. The van der Waals surface area contributed by atoms with Crippen molar-refractivity contribution in [3.8, 4) is 0 Å². The summed E-state index contributed by atoms with van der Waals surface area (Å²) in [5.74, 6) is -0.910. The zero-order valence-corrected chi connectivity index (χ0v) is 51.2. The Morgan fingerprint density at radius 1 is 0.269 bits per heavy atom. The van der Waals surface area contributed by atoms with Gasteiger partial charge in [-0.2, -0.15) is 0 Å². The average Bonchev–Trinajstić information content (AvgIpc) is 3.44. The fourth-order valence-corrected chi connectivity index (χ4v) is 9.14. The fraction of sp³-hybridized carbons (Fsp3) is 0.708. The van der Waals surface area contributed by atoms with E-state index < -0.39 is 6.10 Å². The summed E-state index contributed by atoms with van der Waals surface area (Å²) in [5.41, 5.74) is 0. The Bertz CT molecular complexity index is 1570. The summed E-state index contributed by atoms with van der Waals surface area (Å²) in [7, 11) is 0. The lowest BCUT2D eigenvalue weighted by Crippen LogP contribution is -2.30. The van der Waals surface area contributed by atoms with Gasteiger partial charge in [0.05, 0.1) is 0 Å². The fourth-order valence-electron chi connectivity index (χ4n) is 9.14. The summed E-state index contributed by atoms with van der Waals surface area (Å²) in [4.78, 5) is 38.2. The van der Waals surface area contributed by atoms with Gasteiger partial charge in [0.2, 0.25) is 0 Å². The molecule has 1 atom stereocenters. The summed E-state index contributed by atoms with van der Waals surface area (Å²) in [6.45, 7) is 6.52. The number of esters is 3. The normalized spacial score (nSPS) is 12.8. The van der Waals surface area contributed by atoms with Gasteiger partial charge in [0.25, 0.3) is 0 Å². The molecule has 0 rings (SSSR count). The predicted molar refractivity (Wildman–Crippen MR) is 339 cm³/mol. The Labute approximate surface area is 482 Å². The van der Waals surface area contributed by atoms with Crippen molar-refractivity contribution in [3.05, 3.63) is 109 Å². The van der Waals surface area contributed by atoms with Crippen molar-refractivity contribution in [3.63, 3.8) is 0 Å². The second kappa shape index (κ2) is 65.6. The molecule has 6 heteroatoms. The van der Waals surface area contributed by atoms with Crippen LogP contribution in [0.5, 0.6) is 0 Å². The lowest BCUT2D eigenvalue weighted by Gasteiger charge is -2.18. The van der Waals surface area contributed by atoms with Crippen LogP contribution in [-0.2, 0) is 28.6 Å². The molecule has 0 aliphatic rings. The average molecular weight is 1080 g/mol. The lowest BCUT2D eigenvalue weighted by atomic mass is 10.0. The zero-order chi connectivity index (χ0) is 56.4. The molecule has 0 saturated carbocycles. The van der Waals surface area contributed by atoms with Gasteiger partial charge >= 0.3 is 17.9 Å². The van der Waals surface area contributed by atoms with Crippen molar-refractivity contribution in [2.75, 3.05) is 13.2 Å². The minimum atomic E-state index is -0.790. The number of carbonyl (C=O) groups excluding carboxylic acids is 3. The number of hydrogen-bond donors (Lipinski definition) is 0. The van der Waals surface area contributed by atoms with Crippen molar-refractivity contribution < 1.29 is 28.6 Å². The van der Waals surface area contributed by atoms with Gasteiger partial charge in [0.1, 0.15) is 13.2 Å². The molecule has 0 spiro atoms. The maximum atomic E-state index is 12.9. The molecule has 0 bridgehead atoms. The maximum Gasteiger partial charge on any atom is 0.306 e. The van der Waals surface area contributed by atoms with Crippen LogP contribution in [0.3, 0.4) is 0 Å². The topological polar surface area (TPSA) is 78.9 Å². The van der Waals surface area contributed by atoms with Gasteiger partial charge in [-0.3, -0.25) is 14.4 Å². The third-order valence-electron chi connectivity index (χ3n) is 14.0. The number of rotatable bonds is 59. The van der Waals surface area contributed by atoms with Crippen LogP contribution in [0.25, 0.3) is 0 Å². The number of allylic oxidation sites excluding steroid dienone is 18. The molecule has 0 N–H and O–H groups in total. The van der Waals surface area contributed by atoms with Gasteiger partial charge in [-0.15, -0.1) is 0 Å². The zero-order valence-electron chi connectivity index (χ0n) is 51.2. The molecular formula is C72H122O6. The highest BCUT2D eigenvalue weighted by Gasteiger charge is 2.19. The van der Waals surface area contributed by atoms with Gasteiger partial charge in [-0.1, -0.05) is 310 Å². The van der Waals surface area contributed by atoms with Crippen LogP contribution < -0.4 is 0 Å². The van der Waals surface area contributed by atoms with Gasteiger partial charge in [-0.05, 0) is 89.9 Å². The number of hydrogen-bond acceptors (Lipinski definition) is 6. The van der Waals surface area contributed by atoms with E-state index in [9.17, 15) is 14.4 Å². The number of unbranched alkanes of at least 4 members (excludes halogenated alkanes) is 30. The highest BCUT2D eigenvalue weighted by Crippen LogP contribution is 2.17. The minimum absolute atomic E-state index is 0.0852. The molecular weight excluding hydrogens is 961 g/mol. The van der Waals surface area contributed by atoms with E-state index >= 15 is 0 Å². The second-order valence-electron chi connectivity index (χ2n) is 21.7. The van der Waals surface area contributed by atoms with E-state index in [-0.39, 0.29) is 31.1 Å². The van der Waals surface area contributed by atoms with Crippen LogP contribution in [0, 0.1) is 0 Å². The molecule has 6 nitrogen and oxygen atoms in total. The van der Waals surface area contributed by atoms with Crippen molar-refractivity contribution in [2.24, 2.45) is 0 Å². The van der Waals surface area contributed by atoms with Gasteiger partial charge in [-0.25, -0.2) is 0 Å². The van der Waals surface area contributed by atoms with Crippen molar-refractivity contribution in [1.29, 1.82) is 0 Å². The molecule has 0 aliphatic carbocycles. The first-order chi connectivity index (χ1) is 38.5. The first-order valence-corrected chi connectivity index (χ1v) is 32.9. The summed E-state index contributed by atoms with van der Waals surface area (Å²) < 4.78 is 16.9. The molecule has 0 radical (unpaired) electrons. The molecule has 0 aliphatic heterocycles. The van der Waals surface area contributed by atoms with E-state index in [1.807, 2.05) is 0 Å². The van der Waals surface area contributed by atoms with Gasteiger partial charge < -0.3 is 14.2 Å². The minimum Gasteiger partial charge on any atom is -0.462 e. The molecule has 0 heterocycles. The smallest absolute Gasteiger partial charge is 0.306 e. The predicted octanol–water partition coefficient (Wildman–Crippen LogP) is 22.6. The second-order valence-corrected chi connectivity index (χ2v) is 21.7. The molecule has 0 aromatic heterocycles. The molecule has 78 heavy (non-hydrogen) atoms. The maximum absolute atomic E-state index is 12.9. The summed E-state index contributed by atoms with van der Waals surface area (Å²) in [6, 6.07) is 0. The van der Waals surface area contributed by atoms with Crippen molar-refractivity contribution in [2.45, 2.75) is 316 Å². The van der Waals surface area contributed by atoms with Crippen molar-refractivity contribution in [1.82, 2.24) is 0 Å². The van der Waals surface area contributed by atoms with Crippen LogP contribution in [0.2, 0.25) is 0 Å². The van der Waals surface area contributed by atoms with E-state index in [4.69, 9.17) is 14.2 Å². The van der Waals surface area contributed by atoms with E-state index in [2.05, 4.69) is 130 Å². The van der Waals surface area contributed by atoms with Crippen LogP contribution in [-0.4, -0.2) is 37.2 Å². The lowest BCUT2D eigenvalue weighted by molar-refractivity contribution is -0.167. The van der Waals surface area contributed by atoms with E-state index in [1.165, 1.54) is 148 Å². The molecule has 0 saturated heterocycles. The SMILES string of the molecule is CC/C=C\C/C=C\C/C=C\C/C=C\C/C=C\C/C=C\C/C=C\C/C=C\C/C=C\CCCCCC(=O)OCC(COC(=O)CCCCCCCCCCCC)OC(=O)CCCCCCCCCCCCCCCCCCCCC. The highest BCUT2D eigenvalue weighted by atomic mass is 16.6. The molecule has 1 unspecified atom stereocenters. The molecule has 0 amide bonds. The Balaban J connectivity index is 4.30. The van der Waals surface area contributed by atoms with E-state index in [0.717, 1.165) is 122 Å². The summed E-state index contributed by atoms with van der Waals surface area (Å²) >= 11 is 0. The molecule has 0 aromatic rings. The Morgan fingerprint density at radius 2 is 0.500 bits per heavy atom. The standard InChI is InChI=1S/C72H122O6/c1-4-7-10-13-16-19-22-24-26-28-30-31-32-33-34-35-36-37-38-39-40-41-43-44-46-48-50-53-56-59-62-65-71(74)77-68-69(67-76-70(73)64-61-58-55-52-21-18-15-12-9-6-3)78-72(75)66-63-60-57-54-51-49-47-45-42-29-27-25-23-20-17-14-11-8-5-2/h7,10,16,19,24,26,30-31,33-34,36-37,39-40,43-44,48,50,69H,4-6,8-9,11-15,17-18,20-23,25,27-29,32,35,38,41-42,45-47,49,51-68H2,1-3H3/b10-7-,19-16-,26-24-,31-30-,34-33-,37-36-,40-39-,44-43-,50-48-. The monoisotopic (exact) mass is 1080 g/mol. The van der Waals surface area contributed by atoms with Gasteiger partial charge in [0, 0.05) is 19.3 Å². The Morgan fingerprint density at radius 3 is 0.782 bits per heavy atom. The quantitative estimate of drug-likeness (QED) is 0.0261.